The van der Waals surface area contributed by atoms with Gasteiger partial charge in [0.25, 0.3) is 0 Å². The predicted octanol–water partition coefficient (Wildman–Crippen LogP) is 3.63. The SMILES string of the molecule is CC(C)CC(CN(C)C)NC(=O)Cc1coc(-c2ccc(Cl)cc2)n1. The summed E-state index contributed by atoms with van der Waals surface area (Å²) in [5, 5.41) is 3.76. The van der Waals surface area contributed by atoms with E-state index in [1.54, 1.807) is 12.1 Å². The molecule has 5 nitrogen and oxygen atoms in total. The third kappa shape index (κ3) is 6.52. The summed E-state index contributed by atoms with van der Waals surface area (Å²) in [6.07, 6.45) is 2.69. The van der Waals surface area contributed by atoms with Gasteiger partial charge < -0.3 is 14.6 Å². The first-order chi connectivity index (χ1) is 11.8. The molecule has 1 unspecified atom stereocenters. The molecule has 2 aromatic rings. The van der Waals surface area contributed by atoms with Crippen molar-refractivity contribution in [3.63, 3.8) is 0 Å². The third-order valence-electron chi connectivity index (χ3n) is 3.69. The number of amides is 1. The summed E-state index contributed by atoms with van der Waals surface area (Å²) >= 11 is 5.89. The van der Waals surface area contributed by atoms with Crippen LogP contribution >= 0.6 is 11.6 Å². The van der Waals surface area contributed by atoms with E-state index in [-0.39, 0.29) is 18.4 Å². The van der Waals surface area contributed by atoms with Gasteiger partial charge >= 0.3 is 0 Å². The molecule has 1 heterocycles. The largest absolute Gasteiger partial charge is 0.444 e. The van der Waals surface area contributed by atoms with Crippen molar-refractivity contribution >= 4 is 17.5 Å². The zero-order chi connectivity index (χ0) is 18.4. The summed E-state index contributed by atoms with van der Waals surface area (Å²) in [6, 6.07) is 7.38. The molecular formula is C19H26ClN3O2. The van der Waals surface area contributed by atoms with Gasteiger partial charge in [-0.15, -0.1) is 0 Å². The van der Waals surface area contributed by atoms with E-state index < -0.39 is 0 Å². The molecule has 2 rings (SSSR count). The molecule has 1 amide bonds. The molecule has 0 fully saturated rings. The second kappa shape index (κ2) is 9.02. The average Bonchev–Trinajstić information content (AvgIpc) is 2.94. The molecule has 0 aliphatic rings. The fourth-order valence-corrected chi connectivity index (χ4v) is 2.87. The van der Waals surface area contributed by atoms with E-state index in [0.717, 1.165) is 18.5 Å². The first-order valence-electron chi connectivity index (χ1n) is 8.48. The fraction of sp³-hybridized carbons (Fsp3) is 0.474. The van der Waals surface area contributed by atoms with Crippen molar-refractivity contribution in [1.82, 2.24) is 15.2 Å². The van der Waals surface area contributed by atoms with Crippen LogP contribution in [0.3, 0.4) is 0 Å². The van der Waals surface area contributed by atoms with Gasteiger partial charge in [0.1, 0.15) is 6.26 Å². The molecule has 1 N–H and O–H groups in total. The highest BCUT2D eigenvalue weighted by molar-refractivity contribution is 6.30. The molecule has 1 atom stereocenters. The number of rotatable bonds is 8. The van der Waals surface area contributed by atoms with Crippen LogP contribution in [0.25, 0.3) is 11.5 Å². The first-order valence-corrected chi connectivity index (χ1v) is 8.85. The molecule has 1 aromatic heterocycles. The molecule has 0 aliphatic heterocycles. The van der Waals surface area contributed by atoms with Crippen LogP contribution in [0.15, 0.2) is 34.9 Å². The van der Waals surface area contributed by atoms with Gasteiger partial charge in [-0.05, 0) is 50.7 Å². The van der Waals surface area contributed by atoms with Gasteiger partial charge in [-0.1, -0.05) is 25.4 Å². The van der Waals surface area contributed by atoms with Gasteiger partial charge in [-0.3, -0.25) is 4.79 Å². The van der Waals surface area contributed by atoms with Crippen LogP contribution in [0.1, 0.15) is 26.0 Å². The zero-order valence-corrected chi connectivity index (χ0v) is 16.0. The van der Waals surface area contributed by atoms with Crippen molar-refractivity contribution in [2.24, 2.45) is 5.92 Å². The highest BCUT2D eigenvalue weighted by Crippen LogP contribution is 2.21. The number of nitrogens with one attached hydrogen (secondary N) is 1. The van der Waals surface area contributed by atoms with Crippen LogP contribution in [0.2, 0.25) is 5.02 Å². The van der Waals surface area contributed by atoms with E-state index in [0.29, 0.717) is 22.5 Å². The van der Waals surface area contributed by atoms with Crippen molar-refractivity contribution in [3.05, 3.63) is 41.2 Å². The Labute approximate surface area is 154 Å². The quantitative estimate of drug-likeness (QED) is 0.778. The van der Waals surface area contributed by atoms with Gasteiger partial charge in [0.05, 0.1) is 12.1 Å². The average molecular weight is 364 g/mol. The number of likely N-dealkylation sites (N-methyl/N-ethyl adjacent to an activating group) is 1. The van der Waals surface area contributed by atoms with E-state index in [2.05, 4.69) is 29.0 Å². The summed E-state index contributed by atoms with van der Waals surface area (Å²) in [6.45, 7) is 5.13. The van der Waals surface area contributed by atoms with Gasteiger partial charge in [-0.25, -0.2) is 4.98 Å². The number of benzene rings is 1. The topological polar surface area (TPSA) is 58.4 Å². The smallest absolute Gasteiger partial charge is 0.226 e. The van der Waals surface area contributed by atoms with Crippen molar-refractivity contribution < 1.29 is 9.21 Å². The summed E-state index contributed by atoms with van der Waals surface area (Å²) < 4.78 is 5.48. The summed E-state index contributed by atoms with van der Waals surface area (Å²) in [4.78, 5) is 18.8. The molecule has 0 spiro atoms. The highest BCUT2D eigenvalue weighted by atomic mass is 35.5. The van der Waals surface area contributed by atoms with Crippen LogP contribution in [0.4, 0.5) is 0 Å². The van der Waals surface area contributed by atoms with Gasteiger partial charge in [-0.2, -0.15) is 0 Å². The molecule has 25 heavy (non-hydrogen) atoms. The molecule has 1 aromatic carbocycles. The molecule has 6 heteroatoms. The minimum atomic E-state index is -0.0385. The fourth-order valence-electron chi connectivity index (χ4n) is 2.75. The molecule has 0 saturated carbocycles. The maximum absolute atomic E-state index is 12.3. The van der Waals surface area contributed by atoms with Crippen molar-refractivity contribution in [3.8, 4) is 11.5 Å². The lowest BCUT2D eigenvalue weighted by molar-refractivity contribution is -0.121. The summed E-state index contributed by atoms with van der Waals surface area (Å²) in [5.41, 5.74) is 1.46. The number of hydrogen-bond acceptors (Lipinski definition) is 4. The van der Waals surface area contributed by atoms with Crippen LogP contribution in [-0.4, -0.2) is 42.5 Å². The molecule has 136 valence electrons. The Morgan fingerprint density at radius 1 is 1.28 bits per heavy atom. The Morgan fingerprint density at radius 2 is 1.96 bits per heavy atom. The monoisotopic (exact) mass is 363 g/mol. The number of carbonyl (C=O) groups excluding carboxylic acids is 1. The number of nitrogens with zero attached hydrogens (tertiary/aromatic N) is 2. The van der Waals surface area contributed by atoms with Crippen LogP contribution < -0.4 is 5.32 Å². The second-order valence-electron chi connectivity index (χ2n) is 6.98. The van der Waals surface area contributed by atoms with E-state index in [1.807, 2.05) is 26.2 Å². The molecule has 0 radical (unpaired) electrons. The summed E-state index contributed by atoms with van der Waals surface area (Å²) in [5.74, 6) is 0.976. The van der Waals surface area contributed by atoms with E-state index in [1.165, 1.54) is 6.26 Å². The predicted molar refractivity (Wildman–Crippen MR) is 101 cm³/mol. The van der Waals surface area contributed by atoms with E-state index >= 15 is 0 Å². The van der Waals surface area contributed by atoms with Crippen LogP contribution in [-0.2, 0) is 11.2 Å². The maximum Gasteiger partial charge on any atom is 0.226 e. The number of oxazole rings is 1. The molecule has 0 aliphatic carbocycles. The van der Waals surface area contributed by atoms with Crippen molar-refractivity contribution in [1.29, 1.82) is 0 Å². The normalized spacial score (nSPS) is 12.6. The molecular weight excluding hydrogens is 338 g/mol. The van der Waals surface area contributed by atoms with Crippen LogP contribution in [0, 0.1) is 5.92 Å². The lowest BCUT2D eigenvalue weighted by Gasteiger charge is -2.23. The molecule has 0 saturated heterocycles. The Balaban J connectivity index is 1.96. The first kappa shape index (κ1) is 19.5. The standard InChI is InChI=1S/C19H26ClN3O2/c1-13(2)9-16(11-23(3)4)21-18(24)10-17-12-25-19(22-17)14-5-7-15(20)8-6-14/h5-8,12-13,16H,9-11H2,1-4H3,(H,21,24). The Hall–Kier alpha value is -1.85. The Kier molecular flexibility index (Phi) is 7.02. The van der Waals surface area contributed by atoms with Crippen molar-refractivity contribution in [2.75, 3.05) is 20.6 Å². The summed E-state index contributed by atoms with van der Waals surface area (Å²) in [7, 11) is 4.02. The zero-order valence-electron chi connectivity index (χ0n) is 15.3. The Morgan fingerprint density at radius 3 is 2.56 bits per heavy atom. The van der Waals surface area contributed by atoms with E-state index in [9.17, 15) is 4.79 Å². The van der Waals surface area contributed by atoms with E-state index in [4.69, 9.17) is 16.0 Å². The number of carbonyl (C=O) groups is 1. The minimum Gasteiger partial charge on any atom is -0.444 e. The third-order valence-corrected chi connectivity index (χ3v) is 3.94. The Bertz CT molecular complexity index is 670. The minimum absolute atomic E-state index is 0.0385. The number of halogens is 1. The van der Waals surface area contributed by atoms with Gasteiger partial charge in [0.15, 0.2) is 0 Å². The lowest BCUT2D eigenvalue weighted by Crippen LogP contribution is -2.43. The van der Waals surface area contributed by atoms with Crippen molar-refractivity contribution in [2.45, 2.75) is 32.7 Å². The number of aromatic nitrogens is 1. The lowest BCUT2D eigenvalue weighted by atomic mass is 10.0. The maximum atomic E-state index is 12.3. The van der Waals surface area contributed by atoms with Gasteiger partial charge in [0, 0.05) is 23.2 Å². The van der Waals surface area contributed by atoms with Crippen LogP contribution in [0.5, 0.6) is 0 Å². The number of hydrogen-bond donors (Lipinski definition) is 1. The second-order valence-corrected chi connectivity index (χ2v) is 7.42. The van der Waals surface area contributed by atoms with Gasteiger partial charge in [0.2, 0.25) is 11.8 Å². The highest BCUT2D eigenvalue weighted by Gasteiger charge is 2.17. The molecule has 0 bridgehead atoms.